The van der Waals surface area contributed by atoms with Crippen molar-refractivity contribution in [1.29, 1.82) is 5.26 Å². The van der Waals surface area contributed by atoms with Gasteiger partial charge in [-0.1, -0.05) is 35.9 Å². The fourth-order valence-electron chi connectivity index (χ4n) is 2.38. The van der Waals surface area contributed by atoms with Crippen molar-refractivity contribution in [2.75, 3.05) is 5.32 Å². The van der Waals surface area contributed by atoms with Gasteiger partial charge in [0, 0.05) is 24.0 Å². The molecule has 0 spiro atoms. The number of aromatic nitrogens is 2. The van der Waals surface area contributed by atoms with Gasteiger partial charge in [-0.3, -0.25) is 4.68 Å². The third-order valence-electron chi connectivity index (χ3n) is 3.48. The zero-order valence-electron chi connectivity index (χ0n) is 12.4. The summed E-state index contributed by atoms with van der Waals surface area (Å²) in [6.07, 6.45) is 3.72. The van der Waals surface area contributed by atoms with Crippen LogP contribution in [0, 0.1) is 11.3 Å². The molecule has 4 nitrogen and oxygen atoms in total. The third-order valence-corrected chi connectivity index (χ3v) is 3.72. The Hall–Kier alpha value is -2.77. The first kappa shape index (κ1) is 15.1. The molecule has 1 heterocycles. The second-order valence-electron chi connectivity index (χ2n) is 5.18. The highest BCUT2D eigenvalue weighted by atomic mass is 35.5. The highest BCUT2D eigenvalue weighted by Gasteiger charge is 2.03. The predicted molar refractivity (Wildman–Crippen MR) is 91.3 cm³/mol. The number of rotatable bonds is 5. The molecule has 3 aromatic rings. The summed E-state index contributed by atoms with van der Waals surface area (Å²) in [6, 6.07) is 17.6. The molecule has 0 amide bonds. The van der Waals surface area contributed by atoms with E-state index in [1.54, 1.807) is 18.3 Å². The molecular formula is C18H15ClN4. The average Bonchev–Trinajstić information content (AvgIpc) is 3.07. The van der Waals surface area contributed by atoms with Crippen LogP contribution in [-0.2, 0) is 13.1 Å². The number of nitriles is 1. The van der Waals surface area contributed by atoms with E-state index in [1.807, 2.05) is 29.1 Å². The van der Waals surface area contributed by atoms with E-state index in [4.69, 9.17) is 16.9 Å². The maximum absolute atomic E-state index is 9.17. The number of nitrogens with one attached hydrogen (secondary N) is 1. The van der Waals surface area contributed by atoms with Gasteiger partial charge in [0.25, 0.3) is 0 Å². The van der Waals surface area contributed by atoms with Gasteiger partial charge in [0.15, 0.2) is 0 Å². The first-order chi connectivity index (χ1) is 11.2. The largest absolute Gasteiger partial charge is 0.380 e. The minimum atomic E-state index is 0.546. The van der Waals surface area contributed by atoms with E-state index in [1.165, 1.54) is 5.56 Å². The van der Waals surface area contributed by atoms with Crippen LogP contribution in [0.1, 0.15) is 16.7 Å². The van der Waals surface area contributed by atoms with Crippen molar-refractivity contribution in [3.63, 3.8) is 0 Å². The van der Waals surface area contributed by atoms with Crippen LogP contribution in [-0.4, -0.2) is 9.78 Å². The quantitative estimate of drug-likeness (QED) is 0.770. The van der Waals surface area contributed by atoms with E-state index in [0.29, 0.717) is 17.1 Å². The van der Waals surface area contributed by atoms with Gasteiger partial charge < -0.3 is 5.32 Å². The molecule has 0 atom stereocenters. The van der Waals surface area contributed by atoms with Gasteiger partial charge in [-0.05, 0) is 35.4 Å². The Morgan fingerprint density at radius 2 is 2.00 bits per heavy atom. The SMILES string of the molecule is N#Cc1cc(Cl)ccc1NCc1cccc(Cn2cccn2)c1. The molecular weight excluding hydrogens is 308 g/mol. The molecule has 3 rings (SSSR count). The molecule has 0 saturated heterocycles. The predicted octanol–water partition coefficient (Wildman–Crippen LogP) is 4.07. The minimum Gasteiger partial charge on any atom is -0.380 e. The van der Waals surface area contributed by atoms with Crippen LogP contribution in [0.3, 0.4) is 0 Å². The monoisotopic (exact) mass is 322 g/mol. The van der Waals surface area contributed by atoms with Crippen LogP contribution in [0.25, 0.3) is 0 Å². The van der Waals surface area contributed by atoms with Crippen LogP contribution >= 0.6 is 11.6 Å². The van der Waals surface area contributed by atoms with Crippen LogP contribution in [0.15, 0.2) is 60.9 Å². The van der Waals surface area contributed by atoms with E-state index >= 15 is 0 Å². The summed E-state index contributed by atoms with van der Waals surface area (Å²) in [7, 11) is 0. The van der Waals surface area contributed by atoms with Gasteiger partial charge in [-0.2, -0.15) is 10.4 Å². The topological polar surface area (TPSA) is 53.6 Å². The second kappa shape index (κ2) is 6.99. The lowest BCUT2D eigenvalue weighted by Crippen LogP contribution is -2.04. The zero-order valence-corrected chi connectivity index (χ0v) is 13.2. The molecule has 0 unspecified atom stereocenters. The molecule has 1 N–H and O–H groups in total. The summed E-state index contributed by atoms with van der Waals surface area (Å²) in [4.78, 5) is 0. The molecule has 0 aliphatic rings. The minimum absolute atomic E-state index is 0.546. The number of benzene rings is 2. The summed E-state index contributed by atoms with van der Waals surface area (Å²) in [5.74, 6) is 0. The fraction of sp³-hybridized carbons (Fsp3) is 0.111. The lowest BCUT2D eigenvalue weighted by Gasteiger charge is -2.10. The lowest BCUT2D eigenvalue weighted by atomic mass is 10.1. The highest BCUT2D eigenvalue weighted by Crippen LogP contribution is 2.20. The molecule has 1 aromatic heterocycles. The molecule has 0 radical (unpaired) electrons. The van der Waals surface area contributed by atoms with Crippen molar-refractivity contribution in [2.24, 2.45) is 0 Å². The lowest BCUT2D eigenvalue weighted by molar-refractivity contribution is 0.686. The molecule has 0 saturated carbocycles. The maximum atomic E-state index is 9.17. The van der Waals surface area contributed by atoms with Crippen molar-refractivity contribution >= 4 is 17.3 Å². The normalized spacial score (nSPS) is 10.3. The first-order valence-electron chi connectivity index (χ1n) is 7.23. The van der Waals surface area contributed by atoms with Crippen LogP contribution in [0.2, 0.25) is 5.02 Å². The number of anilines is 1. The van der Waals surface area contributed by atoms with E-state index < -0.39 is 0 Å². The van der Waals surface area contributed by atoms with Crippen molar-refractivity contribution < 1.29 is 0 Å². The van der Waals surface area contributed by atoms with Gasteiger partial charge in [-0.25, -0.2) is 0 Å². The molecule has 0 fully saturated rings. The standard InChI is InChI=1S/C18H15ClN4/c19-17-5-6-18(16(10-17)11-20)21-12-14-3-1-4-15(9-14)13-23-8-2-7-22-23/h1-10,21H,12-13H2. The van der Waals surface area contributed by atoms with Gasteiger partial charge in [-0.15, -0.1) is 0 Å². The molecule has 5 heteroatoms. The van der Waals surface area contributed by atoms with E-state index in [0.717, 1.165) is 17.8 Å². The summed E-state index contributed by atoms with van der Waals surface area (Å²) < 4.78 is 1.89. The highest BCUT2D eigenvalue weighted by molar-refractivity contribution is 6.30. The summed E-state index contributed by atoms with van der Waals surface area (Å²) in [5.41, 5.74) is 3.66. The smallest absolute Gasteiger partial charge is 0.101 e. The van der Waals surface area contributed by atoms with Gasteiger partial charge >= 0.3 is 0 Å². The number of hydrogen-bond acceptors (Lipinski definition) is 3. The Morgan fingerprint density at radius 3 is 2.78 bits per heavy atom. The number of halogens is 1. The summed E-state index contributed by atoms with van der Waals surface area (Å²) >= 11 is 5.91. The molecule has 23 heavy (non-hydrogen) atoms. The van der Waals surface area contributed by atoms with Crippen molar-refractivity contribution in [1.82, 2.24) is 9.78 Å². The van der Waals surface area contributed by atoms with E-state index in [-0.39, 0.29) is 0 Å². The Bertz CT molecular complexity index is 834. The van der Waals surface area contributed by atoms with Crippen LogP contribution in [0.4, 0.5) is 5.69 Å². The number of hydrogen-bond donors (Lipinski definition) is 1. The Labute approximate surface area is 139 Å². The third kappa shape index (κ3) is 3.91. The summed E-state index contributed by atoms with van der Waals surface area (Å²) in [5, 5.41) is 17.2. The van der Waals surface area contributed by atoms with Crippen LogP contribution in [0.5, 0.6) is 0 Å². The van der Waals surface area contributed by atoms with E-state index in [2.05, 4.69) is 34.7 Å². The molecule has 114 valence electrons. The van der Waals surface area contributed by atoms with Gasteiger partial charge in [0.1, 0.15) is 6.07 Å². The first-order valence-corrected chi connectivity index (χ1v) is 7.61. The summed E-state index contributed by atoms with van der Waals surface area (Å²) in [6.45, 7) is 1.38. The zero-order chi connectivity index (χ0) is 16.1. The maximum Gasteiger partial charge on any atom is 0.101 e. The van der Waals surface area contributed by atoms with Crippen molar-refractivity contribution in [2.45, 2.75) is 13.1 Å². The Morgan fingerprint density at radius 1 is 1.13 bits per heavy atom. The molecule has 2 aromatic carbocycles. The Balaban J connectivity index is 1.70. The van der Waals surface area contributed by atoms with Crippen molar-refractivity contribution in [3.8, 4) is 6.07 Å². The molecule has 0 aliphatic carbocycles. The average molecular weight is 323 g/mol. The van der Waals surface area contributed by atoms with Crippen LogP contribution < -0.4 is 5.32 Å². The van der Waals surface area contributed by atoms with Gasteiger partial charge in [0.2, 0.25) is 0 Å². The van der Waals surface area contributed by atoms with Crippen molar-refractivity contribution in [3.05, 3.63) is 82.6 Å². The Kier molecular flexibility index (Phi) is 4.60. The fourth-order valence-corrected chi connectivity index (χ4v) is 2.55. The van der Waals surface area contributed by atoms with E-state index in [9.17, 15) is 0 Å². The second-order valence-corrected chi connectivity index (χ2v) is 5.62. The molecule has 0 aliphatic heterocycles. The number of nitrogens with zero attached hydrogens (tertiary/aromatic N) is 3. The van der Waals surface area contributed by atoms with Gasteiger partial charge in [0.05, 0.1) is 17.8 Å². The molecule has 0 bridgehead atoms.